The third-order valence-corrected chi connectivity index (χ3v) is 5.98. The van der Waals surface area contributed by atoms with E-state index in [-0.39, 0.29) is 12.5 Å². The van der Waals surface area contributed by atoms with Crippen molar-refractivity contribution in [2.24, 2.45) is 0 Å². The van der Waals surface area contributed by atoms with Crippen molar-refractivity contribution in [2.45, 2.75) is 6.54 Å². The highest BCUT2D eigenvalue weighted by Gasteiger charge is 2.16. The SMILES string of the molecule is COc1ccc(NC(=O)Cn2ccnc2-c2ccnc(N3CCSCC3)c2)cc1OC. The quantitative estimate of drug-likeness (QED) is 0.606. The van der Waals surface area contributed by atoms with Crippen molar-refractivity contribution < 1.29 is 14.3 Å². The summed E-state index contributed by atoms with van der Waals surface area (Å²) >= 11 is 1.96. The number of aromatic nitrogens is 3. The molecular weight excluding hydrogens is 414 g/mol. The second-order valence-electron chi connectivity index (χ2n) is 7.00. The summed E-state index contributed by atoms with van der Waals surface area (Å²) < 4.78 is 12.4. The Labute approximate surface area is 185 Å². The number of imidazole rings is 1. The van der Waals surface area contributed by atoms with Crippen molar-refractivity contribution in [3.63, 3.8) is 0 Å². The highest BCUT2D eigenvalue weighted by atomic mass is 32.2. The lowest BCUT2D eigenvalue weighted by molar-refractivity contribution is -0.116. The van der Waals surface area contributed by atoms with E-state index in [2.05, 4.69) is 20.2 Å². The first-order chi connectivity index (χ1) is 15.2. The molecule has 4 rings (SSSR count). The number of carbonyl (C=O) groups excluding carboxylic acids is 1. The molecule has 3 heterocycles. The Kier molecular flexibility index (Phi) is 6.61. The van der Waals surface area contributed by atoms with Gasteiger partial charge in [-0.2, -0.15) is 11.8 Å². The molecule has 1 N–H and O–H groups in total. The summed E-state index contributed by atoms with van der Waals surface area (Å²) in [6.07, 6.45) is 5.31. The Hall–Kier alpha value is -3.20. The summed E-state index contributed by atoms with van der Waals surface area (Å²) in [5.74, 6) is 4.91. The number of anilines is 2. The third kappa shape index (κ3) is 4.93. The van der Waals surface area contributed by atoms with Crippen LogP contribution in [0.1, 0.15) is 0 Å². The van der Waals surface area contributed by atoms with E-state index in [0.717, 1.165) is 41.8 Å². The minimum atomic E-state index is -0.159. The molecule has 0 radical (unpaired) electrons. The molecule has 162 valence electrons. The van der Waals surface area contributed by atoms with Crippen LogP contribution in [0.25, 0.3) is 11.4 Å². The van der Waals surface area contributed by atoms with Crippen LogP contribution in [0.3, 0.4) is 0 Å². The molecule has 1 fully saturated rings. The highest BCUT2D eigenvalue weighted by molar-refractivity contribution is 7.99. The molecule has 0 spiro atoms. The Bertz CT molecular complexity index is 1050. The van der Waals surface area contributed by atoms with Gasteiger partial charge in [0.2, 0.25) is 5.91 Å². The number of methoxy groups -OCH3 is 2. The van der Waals surface area contributed by atoms with Gasteiger partial charge in [-0.25, -0.2) is 9.97 Å². The molecule has 0 saturated carbocycles. The monoisotopic (exact) mass is 439 g/mol. The Balaban J connectivity index is 1.48. The number of benzene rings is 1. The first-order valence-corrected chi connectivity index (χ1v) is 11.2. The maximum absolute atomic E-state index is 12.7. The number of nitrogens with zero attached hydrogens (tertiary/aromatic N) is 4. The average Bonchev–Trinajstić information content (AvgIpc) is 3.27. The number of carbonyl (C=O) groups is 1. The second kappa shape index (κ2) is 9.74. The normalized spacial score (nSPS) is 13.7. The molecular formula is C22H25N5O3S. The molecule has 2 aromatic heterocycles. The molecule has 0 bridgehead atoms. The third-order valence-electron chi connectivity index (χ3n) is 5.04. The van der Waals surface area contributed by atoms with Crippen LogP contribution in [0.5, 0.6) is 11.5 Å². The predicted octanol–water partition coefficient (Wildman–Crippen LogP) is 3.15. The number of rotatable bonds is 7. The number of amides is 1. The molecule has 1 amide bonds. The van der Waals surface area contributed by atoms with E-state index in [4.69, 9.17) is 9.47 Å². The molecule has 1 saturated heterocycles. The van der Waals surface area contributed by atoms with E-state index in [1.54, 1.807) is 51.0 Å². The van der Waals surface area contributed by atoms with Crippen LogP contribution in [0.4, 0.5) is 11.5 Å². The fourth-order valence-electron chi connectivity index (χ4n) is 3.49. The van der Waals surface area contributed by atoms with E-state index >= 15 is 0 Å². The lowest BCUT2D eigenvalue weighted by Crippen LogP contribution is -2.33. The van der Waals surface area contributed by atoms with Gasteiger partial charge >= 0.3 is 0 Å². The van der Waals surface area contributed by atoms with E-state index in [1.807, 2.05) is 28.5 Å². The molecule has 9 heteroatoms. The number of ether oxygens (including phenoxy) is 2. The number of thioether (sulfide) groups is 1. The topological polar surface area (TPSA) is 81.5 Å². The summed E-state index contributed by atoms with van der Waals surface area (Å²) in [6.45, 7) is 2.12. The van der Waals surface area contributed by atoms with E-state index in [1.165, 1.54) is 0 Å². The second-order valence-corrected chi connectivity index (χ2v) is 8.22. The van der Waals surface area contributed by atoms with E-state index in [9.17, 15) is 4.79 Å². The lowest BCUT2D eigenvalue weighted by Gasteiger charge is -2.27. The van der Waals surface area contributed by atoms with Gasteiger partial charge in [0, 0.05) is 60.5 Å². The zero-order valence-corrected chi connectivity index (χ0v) is 18.4. The predicted molar refractivity (Wildman–Crippen MR) is 123 cm³/mol. The average molecular weight is 440 g/mol. The van der Waals surface area contributed by atoms with Crippen molar-refractivity contribution >= 4 is 29.2 Å². The van der Waals surface area contributed by atoms with Crippen LogP contribution in [-0.4, -0.2) is 59.3 Å². The minimum Gasteiger partial charge on any atom is -0.493 e. The van der Waals surface area contributed by atoms with Crippen LogP contribution >= 0.6 is 11.8 Å². The minimum absolute atomic E-state index is 0.141. The smallest absolute Gasteiger partial charge is 0.244 e. The van der Waals surface area contributed by atoms with Crippen LogP contribution in [-0.2, 0) is 11.3 Å². The van der Waals surface area contributed by atoms with Gasteiger partial charge in [-0.3, -0.25) is 4.79 Å². The zero-order valence-electron chi connectivity index (χ0n) is 17.6. The van der Waals surface area contributed by atoms with Gasteiger partial charge in [-0.05, 0) is 24.3 Å². The van der Waals surface area contributed by atoms with Crippen molar-refractivity contribution in [1.29, 1.82) is 0 Å². The fraction of sp³-hybridized carbons (Fsp3) is 0.318. The Morgan fingerprint density at radius 3 is 2.65 bits per heavy atom. The Morgan fingerprint density at radius 1 is 1.06 bits per heavy atom. The van der Waals surface area contributed by atoms with Crippen LogP contribution < -0.4 is 19.7 Å². The lowest BCUT2D eigenvalue weighted by atomic mass is 10.2. The number of nitrogens with one attached hydrogen (secondary N) is 1. The fourth-order valence-corrected chi connectivity index (χ4v) is 4.39. The molecule has 31 heavy (non-hydrogen) atoms. The first-order valence-electron chi connectivity index (χ1n) is 10.00. The molecule has 0 atom stereocenters. The van der Waals surface area contributed by atoms with Crippen LogP contribution in [0.2, 0.25) is 0 Å². The zero-order chi connectivity index (χ0) is 21.6. The van der Waals surface area contributed by atoms with Gasteiger partial charge in [0.25, 0.3) is 0 Å². The van der Waals surface area contributed by atoms with Crippen molar-refractivity contribution in [3.8, 4) is 22.9 Å². The van der Waals surface area contributed by atoms with Gasteiger partial charge in [-0.15, -0.1) is 0 Å². The van der Waals surface area contributed by atoms with Gasteiger partial charge in [-0.1, -0.05) is 0 Å². The number of pyridine rings is 1. The molecule has 0 aliphatic carbocycles. The molecule has 8 nitrogen and oxygen atoms in total. The summed E-state index contributed by atoms with van der Waals surface area (Å²) in [7, 11) is 3.14. The highest BCUT2D eigenvalue weighted by Crippen LogP contribution is 2.30. The van der Waals surface area contributed by atoms with Gasteiger partial charge in [0.15, 0.2) is 11.5 Å². The van der Waals surface area contributed by atoms with Gasteiger partial charge in [0.1, 0.15) is 18.2 Å². The standard InChI is InChI=1S/C22H25N5O3S/c1-29-18-4-3-17(14-19(18)30-2)25-21(28)15-27-8-7-24-22(27)16-5-6-23-20(13-16)26-9-11-31-12-10-26/h3-8,13-14H,9-12,15H2,1-2H3,(H,25,28). The van der Waals surface area contributed by atoms with Crippen LogP contribution in [0, 0.1) is 0 Å². The first kappa shape index (κ1) is 21.0. The van der Waals surface area contributed by atoms with Crippen molar-refractivity contribution in [3.05, 3.63) is 48.9 Å². The number of hydrogen-bond donors (Lipinski definition) is 1. The van der Waals surface area contributed by atoms with Gasteiger partial charge in [0.05, 0.1) is 14.2 Å². The number of hydrogen-bond acceptors (Lipinski definition) is 7. The molecule has 1 aliphatic heterocycles. The largest absolute Gasteiger partial charge is 0.493 e. The summed E-state index contributed by atoms with van der Waals surface area (Å²) in [5, 5.41) is 2.90. The summed E-state index contributed by atoms with van der Waals surface area (Å²) in [4.78, 5) is 24.0. The molecule has 0 unspecified atom stereocenters. The van der Waals surface area contributed by atoms with Gasteiger partial charge < -0.3 is 24.3 Å². The molecule has 3 aromatic rings. The summed E-state index contributed by atoms with van der Waals surface area (Å²) in [5.41, 5.74) is 1.57. The maximum Gasteiger partial charge on any atom is 0.244 e. The van der Waals surface area contributed by atoms with E-state index < -0.39 is 0 Å². The van der Waals surface area contributed by atoms with Crippen molar-refractivity contribution in [1.82, 2.24) is 14.5 Å². The van der Waals surface area contributed by atoms with Crippen molar-refractivity contribution in [2.75, 3.05) is 49.0 Å². The van der Waals surface area contributed by atoms with Crippen LogP contribution in [0.15, 0.2) is 48.9 Å². The maximum atomic E-state index is 12.7. The van der Waals surface area contributed by atoms with E-state index in [0.29, 0.717) is 17.2 Å². The Morgan fingerprint density at radius 2 is 1.87 bits per heavy atom. The molecule has 1 aromatic carbocycles. The summed E-state index contributed by atoms with van der Waals surface area (Å²) in [6, 6.07) is 9.24. The molecule has 1 aliphatic rings.